The SMILES string of the molecule is CC(C)[Si](C#Cc1nc(-c2cccc(C#N)c2)nc(N)c1O)(C(C)C)C(C)C. The quantitative estimate of drug-likeness (QED) is 0.571. The van der Waals surface area contributed by atoms with Crippen LogP contribution in [0.25, 0.3) is 11.4 Å². The van der Waals surface area contributed by atoms with E-state index in [9.17, 15) is 5.11 Å². The zero-order valence-electron chi connectivity index (χ0n) is 17.4. The summed E-state index contributed by atoms with van der Waals surface area (Å²) < 4.78 is 0. The van der Waals surface area contributed by atoms with E-state index in [2.05, 4.69) is 69.0 Å². The maximum Gasteiger partial charge on any atom is 0.193 e. The van der Waals surface area contributed by atoms with Gasteiger partial charge in [0, 0.05) is 5.56 Å². The van der Waals surface area contributed by atoms with Gasteiger partial charge in [-0.05, 0) is 34.7 Å². The highest BCUT2D eigenvalue weighted by Crippen LogP contribution is 2.41. The Morgan fingerprint density at radius 3 is 2.18 bits per heavy atom. The third-order valence-corrected chi connectivity index (χ3v) is 11.7. The Hall–Kier alpha value is -2.83. The van der Waals surface area contributed by atoms with Gasteiger partial charge in [0.1, 0.15) is 8.07 Å². The molecule has 0 unspecified atom stereocenters. The van der Waals surface area contributed by atoms with Crippen molar-refractivity contribution in [3.63, 3.8) is 0 Å². The highest BCUT2D eigenvalue weighted by Gasteiger charge is 2.41. The van der Waals surface area contributed by atoms with Crippen molar-refractivity contribution >= 4 is 13.9 Å². The summed E-state index contributed by atoms with van der Waals surface area (Å²) >= 11 is 0. The van der Waals surface area contributed by atoms with Gasteiger partial charge in [0.15, 0.2) is 23.1 Å². The molecule has 0 saturated heterocycles. The number of hydrogen-bond donors (Lipinski definition) is 2. The minimum Gasteiger partial charge on any atom is -0.502 e. The minimum atomic E-state index is -1.98. The molecule has 0 atom stereocenters. The summed E-state index contributed by atoms with van der Waals surface area (Å²) in [5, 5.41) is 19.5. The second kappa shape index (κ2) is 8.46. The molecule has 0 saturated carbocycles. The fraction of sp³-hybridized carbons (Fsp3) is 0.409. The van der Waals surface area contributed by atoms with E-state index in [0.29, 0.717) is 33.6 Å². The first-order chi connectivity index (χ1) is 13.1. The van der Waals surface area contributed by atoms with E-state index in [-0.39, 0.29) is 17.3 Å². The van der Waals surface area contributed by atoms with Crippen LogP contribution < -0.4 is 5.73 Å². The van der Waals surface area contributed by atoms with Gasteiger partial charge in [-0.3, -0.25) is 0 Å². The van der Waals surface area contributed by atoms with Gasteiger partial charge in [0.25, 0.3) is 0 Å². The number of aromatic nitrogens is 2. The molecule has 0 aliphatic rings. The van der Waals surface area contributed by atoms with E-state index < -0.39 is 8.07 Å². The lowest BCUT2D eigenvalue weighted by atomic mass is 10.1. The van der Waals surface area contributed by atoms with Crippen LogP contribution in [0.15, 0.2) is 24.3 Å². The van der Waals surface area contributed by atoms with Crippen molar-refractivity contribution in [3.8, 4) is 34.7 Å². The minimum absolute atomic E-state index is 0.0115. The molecule has 0 radical (unpaired) electrons. The molecular formula is C22H28N4OSi. The van der Waals surface area contributed by atoms with E-state index >= 15 is 0 Å². The first kappa shape index (κ1) is 21.5. The Morgan fingerprint density at radius 1 is 1.04 bits per heavy atom. The number of nitrogens with two attached hydrogens (primary N) is 1. The molecule has 1 heterocycles. The first-order valence-corrected chi connectivity index (χ1v) is 11.8. The molecule has 1 aromatic carbocycles. The molecule has 2 rings (SSSR count). The van der Waals surface area contributed by atoms with Gasteiger partial charge in [-0.25, -0.2) is 9.97 Å². The molecular weight excluding hydrogens is 364 g/mol. The van der Waals surface area contributed by atoms with Gasteiger partial charge in [-0.2, -0.15) is 5.26 Å². The number of nitriles is 1. The van der Waals surface area contributed by atoms with Crippen molar-refractivity contribution in [1.82, 2.24) is 9.97 Å². The summed E-state index contributed by atoms with van der Waals surface area (Å²) in [5.74, 6) is 3.29. The van der Waals surface area contributed by atoms with Crippen LogP contribution in [0.1, 0.15) is 52.8 Å². The summed E-state index contributed by atoms with van der Waals surface area (Å²) in [5.41, 5.74) is 12.3. The zero-order valence-corrected chi connectivity index (χ0v) is 18.4. The molecule has 5 nitrogen and oxygen atoms in total. The molecule has 3 N–H and O–H groups in total. The Labute approximate surface area is 168 Å². The van der Waals surface area contributed by atoms with Gasteiger partial charge in [-0.15, -0.1) is 5.54 Å². The second-order valence-corrected chi connectivity index (χ2v) is 13.5. The van der Waals surface area contributed by atoms with Crippen LogP contribution in [0.5, 0.6) is 5.75 Å². The third-order valence-electron chi connectivity index (χ3n) is 5.42. The van der Waals surface area contributed by atoms with Gasteiger partial charge < -0.3 is 10.8 Å². The van der Waals surface area contributed by atoms with Crippen LogP contribution in [0.3, 0.4) is 0 Å². The molecule has 0 spiro atoms. The highest BCUT2D eigenvalue weighted by molar-refractivity contribution is 6.90. The van der Waals surface area contributed by atoms with Crippen LogP contribution in [0.4, 0.5) is 5.82 Å². The van der Waals surface area contributed by atoms with Crippen LogP contribution in [0, 0.1) is 22.8 Å². The van der Waals surface area contributed by atoms with Crippen molar-refractivity contribution in [2.75, 3.05) is 5.73 Å². The van der Waals surface area contributed by atoms with Crippen molar-refractivity contribution < 1.29 is 5.11 Å². The van der Waals surface area contributed by atoms with Crippen molar-refractivity contribution in [3.05, 3.63) is 35.5 Å². The molecule has 0 amide bonds. The Balaban J connectivity index is 2.63. The zero-order chi connectivity index (χ0) is 21.1. The number of rotatable bonds is 4. The fourth-order valence-corrected chi connectivity index (χ4v) is 9.22. The Morgan fingerprint density at radius 2 is 1.64 bits per heavy atom. The number of hydrogen-bond acceptors (Lipinski definition) is 5. The molecule has 0 aliphatic heterocycles. The smallest absolute Gasteiger partial charge is 0.193 e. The normalized spacial score (nSPS) is 11.4. The van der Waals surface area contributed by atoms with Crippen LogP contribution >= 0.6 is 0 Å². The summed E-state index contributed by atoms with van der Waals surface area (Å²) in [6.45, 7) is 13.4. The van der Waals surface area contributed by atoms with Gasteiger partial charge in [0.2, 0.25) is 0 Å². The predicted octanol–water partition coefficient (Wildman–Crippen LogP) is 4.87. The average molecular weight is 393 g/mol. The van der Waals surface area contributed by atoms with E-state index in [1.165, 1.54) is 0 Å². The molecule has 0 bridgehead atoms. The molecule has 146 valence electrons. The summed E-state index contributed by atoms with van der Waals surface area (Å²) in [4.78, 5) is 8.64. The van der Waals surface area contributed by atoms with E-state index in [0.717, 1.165) is 0 Å². The lowest BCUT2D eigenvalue weighted by Crippen LogP contribution is -2.43. The molecule has 6 heteroatoms. The molecule has 28 heavy (non-hydrogen) atoms. The van der Waals surface area contributed by atoms with Gasteiger partial charge in [-0.1, -0.05) is 53.7 Å². The Bertz CT molecular complexity index is 943. The fourth-order valence-electron chi connectivity index (χ4n) is 4.02. The molecule has 2 aromatic rings. The standard InChI is InChI=1S/C22H28N4OSi/c1-14(2)28(15(3)4,16(5)6)11-10-19-20(27)21(24)26-22(25-19)18-9-7-8-17(12-18)13-23/h7-9,12,14-16,27H,1-6H3,(H2,24,25,26). The monoisotopic (exact) mass is 392 g/mol. The van der Waals surface area contributed by atoms with Crippen molar-refractivity contribution in [1.29, 1.82) is 5.26 Å². The topological polar surface area (TPSA) is 95.8 Å². The Kier molecular flexibility index (Phi) is 6.48. The predicted molar refractivity (Wildman–Crippen MR) is 116 cm³/mol. The molecule has 0 aliphatic carbocycles. The maximum absolute atomic E-state index is 10.4. The van der Waals surface area contributed by atoms with Crippen molar-refractivity contribution in [2.24, 2.45) is 0 Å². The lowest BCUT2D eigenvalue weighted by Gasteiger charge is -2.38. The van der Waals surface area contributed by atoms with Gasteiger partial charge in [0.05, 0.1) is 11.6 Å². The van der Waals surface area contributed by atoms with Crippen LogP contribution in [-0.4, -0.2) is 23.1 Å². The highest BCUT2D eigenvalue weighted by atomic mass is 28.3. The summed E-state index contributed by atoms with van der Waals surface area (Å²) in [7, 11) is -1.98. The van der Waals surface area contributed by atoms with Crippen LogP contribution in [-0.2, 0) is 0 Å². The number of nitrogens with zero attached hydrogens (tertiary/aromatic N) is 3. The molecule has 1 aromatic heterocycles. The summed E-state index contributed by atoms with van der Waals surface area (Å²) in [6.07, 6.45) is 0. The number of aromatic hydroxyl groups is 1. The van der Waals surface area contributed by atoms with E-state index in [1.807, 2.05) is 0 Å². The van der Waals surface area contributed by atoms with E-state index in [1.54, 1.807) is 24.3 Å². The molecule has 0 fully saturated rings. The number of anilines is 1. The maximum atomic E-state index is 10.4. The van der Waals surface area contributed by atoms with Crippen LogP contribution in [0.2, 0.25) is 16.6 Å². The summed E-state index contributed by atoms with van der Waals surface area (Å²) in [6, 6.07) is 9.07. The number of benzene rings is 1. The first-order valence-electron chi connectivity index (χ1n) is 9.53. The van der Waals surface area contributed by atoms with Crippen molar-refractivity contribution in [2.45, 2.75) is 58.2 Å². The largest absolute Gasteiger partial charge is 0.502 e. The number of nitrogen functional groups attached to an aromatic ring is 1. The lowest BCUT2D eigenvalue weighted by molar-refractivity contribution is 0.471. The average Bonchev–Trinajstić information content (AvgIpc) is 2.64. The second-order valence-electron chi connectivity index (χ2n) is 7.97. The van der Waals surface area contributed by atoms with Gasteiger partial charge >= 0.3 is 0 Å². The van der Waals surface area contributed by atoms with E-state index in [4.69, 9.17) is 11.0 Å². The third kappa shape index (κ3) is 4.03.